The van der Waals surface area contributed by atoms with Gasteiger partial charge in [0.1, 0.15) is 0 Å². The van der Waals surface area contributed by atoms with Crippen LogP contribution in [0.5, 0.6) is 0 Å². The van der Waals surface area contributed by atoms with Crippen LogP contribution in [0.2, 0.25) is 0 Å². The summed E-state index contributed by atoms with van der Waals surface area (Å²) >= 11 is 0. The summed E-state index contributed by atoms with van der Waals surface area (Å²) in [5.74, 6) is 0.677. The Kier molecular flexibility index (Phi) is 10.7. The first kappa shape index (κ1) is 17.9. The molecule has 110 valence electrons. The largest absolute Gasteiger partial charge is 0.330 e. The first-order valence-corrected chi connectivity index (χ1v) is 9.24. The Balaban J connectivity index is 3.47. The lowest BCUT2D eigenvalue weighted by Gasteiger charge is -2.09. The summed E-state index contributed by atoms with van der Waals surface area (Å²) in [4.78, 5) is 0. The van der Waals surface area contributed by atoms with E-state index in [0.717, 1.165) is 12.8 Å². The second kappa shape index (κ2) is 10.8. The van der Waals surface area contributed by atoms with Crippen molar-refractivity contribution in [2.24, 2.45) is 11.7 Å². The van der Waals surface area contributed by atoms with E-state index in [4.69, 9.17) is 5.73 Å². The summed E-state index contributed by atoms with van der Waals surface area (Å²) in [6.45, 7) is 4.56. The monoisotopic (exact) mass is 277 g/mol. The van der Waals surface area contributed by atoms with Crippen molar-refractivity contribution in [2.75, 3.05) is 18.1 Å². The number of unbranched alkanes of at least 4 members (excludes halogenated alkanes) is 7. The third-order valence-corrected chi connectivity index (χ3v) is 5.24. The molecule has 0 amide bonds. The summed E-state index contributed by atoms with van der Waals surface area (Å²) in [5.41, 5.74) is 5.45. The third kappa shape index (κ3) is 11.0. The summed E-state index contributed by atoms with van der Waals surface area (Å²) < 4.78 is 23.4. The van der Waals surface area contributed by atoms with Gasteiger partial charge in [-0.15, -0.1) is 0 Å². The van der Waals surface area contributed by atoms with Gasteiger partial charge in [0.15, 0.2) is 9.84 Å². The van der Waals surface area contributed by atoms with Crippen molar-refractivity contribution < 1.29 is 8.42 Å². The normalized spacial score (nSPS) is 13.7. The quantitative estimate of drug-likeness (QED) is 0.557. The van der Waals surface area contributed by atoms with Gasteiger partial charge in [-0.2, -0.15) is 0 Å². The van der Waals surface area contributed by atoms with Crippen LogP contribution in [0.1, 0.15) is 65.2 Å². The van der Waals surface area contributed by atoms with Crippen LogP contribution in [-0.4, -0.2) is 26.5 Å². The van der Waals surface area contributed by atoms with Crippen LogP contribution >= 0.6 is 0 Å². The summed E-state index contributed by atoms with van der Waals surface area (Å²) in [6.07, 6.45) is 9.50. The van der Waals surface area contributed by atoms with Crippen molar-refractivity contribution in [1.82, 2.24) is 0 Å². The van der Waals surface area contributed by atoms with Gasteiger partial charge in [-0.1, -0.05) is 58.8 Å². The highest BCUT2D eigenvalue weighted by molar-refractivity contribution is 7.91. The fourth-order valence-corrected chi connectivity index (χ4v) is 3.85. The average molecular weight is 277 g/mol. The lowest BCUT2D eigenvalue weighted by molar-refractivity contribution is 0.561. The molecule has 0 radical (unpaired) electrons. The second-order valence-electron chi connectivity index (χ2n) is 5.43. The van der Waals surface area contributed by atoms with E-state index in [9.17, 15) is 8.42 Å². The van der Waals surface area contributed by atoms with Crippen LogP contribution in [0.15, 0.2) is 0 Å². The molecule has 18 heavy (non-hydrogen) atoms. The van der Waals surface area contributed by atoms with Crippen LogP contribution < -0.4 is 5.73 Å². The Morgan fingerprint density at radius 1 is 0.944 bits per heavy atom. The van der Waals surface area contributed by atoms with Crippen molar-refractivity contribution in [3.63, 3.8) is 0 Å². The van der Waals surface area contributed by atoms with Crippen LogP contribution in [0.4, 0.5) is 0 Å². The summed E-state index contributed by atoms with van der Waals surface area (Å²) in [7, 11) is -2.87. The van der Waals surface area contributed by atoms with Gasteiger partial charge in [-0.25, -0.2) is 8.42 Å². The minimum atomic E-state index is -2.87. The Morgan fingerprint density at radius 3 is 1.94 bits per heavy atom. The maximum atomic E-state index is 11.7. The Labute approximate surface area is 113 Å². The van der Waals surface area contributed by atoms with Gasteiger partial charge in [0.25, 0.3) is 0 Å². The van der Waals surface area contributed by atoms with Crippen LogP contribution in [0.25, 0.3) is 0 Å². The van der Waals surface area contributed by atoms with Crippen molar-refractivity contribution in [2.45, 2.75) is 65.2 Å². The molecule has 0 bridgehead atoms. The van der Waals surface area contributed by atoms with Crippen LogP contribution in [0.3, 0.4) is 0 Å². The summed E-state index contributed by atoms with van der Waals surface area (Å²) in [5, 5.41) is 0. The molecule has 1 atom stereocenters. The van der Waals surface area contributed by atoms with Crippen molar-refractivity contribution in [3.05, 3.63) is 0 Å². The number of hydrogen-bond donors (Lipinski definition) is 1. The molecule has 0 aromatic carbocycles. The van der Waals surface area contributed by atoms with Gasteiger partial charge in [0.05, 0.1) is 11.5 Å². The van der Waals surface area contributed by atoms with Gasteiger partial charge in [-0.05, 0) is 18.9 Å². The number of nitrogens with two attached hydrogens (primary N) is 1. The molecule has 1 unspecified atom stereocenters. The van der Waals surface area contributed by atoms with E-state index in [0.29, 0.717) is 12.3 Å². The topological polar surface area (TPSA) is 60.2 Å². The average Bonchev–Trinajstić information content (AvgIpc) is 2.31. The SMILES string of the molecule is CCCCCCCCCCS(=O)(=O)CC(C)CN. The van der Waals surface area contributed by atoms with Gasteiger partial charge in [0, 0.05) is 0 Å². The Hall–Kier alpha value is -0.0900. The molecule has 0 spiro atoms. The molecule has 0 aliphatic rings. The lowest BCUT2D eigenvalue weighted by Crippen LogP contribution is -2.22. The molecule has 2 N–H and O–H groups in total. The second-order valence-corrected chi connectivity index (χ2v) is 7.66. The van der Waals surface area contributed by atoms with Crippen LogP contribution in [0, 0.1) is 5.92 Å². The van der Waals surface area contributed by atoms with E-state index in [-0.39, 0.29) is 11.7 Å². The molecule has 0 aromatic rings. The van der Waals surface area contributed by atoms with Gasteiger partial charge in [0.2, 0.25) is 0 Å². The zero-order valence-corrected chi connectivity index (χ0v) is 13.0. The zero-order valence-electron chi connectivity index (χ0n) is 12.2. The standard InChI is InChI=1S/C14H31NO2S/c1-3-4-5-6-7-8-9-10-11-18(16,17)13-14(2)12-15/h14H,3-13,15H2,1-2H3. The molecule has 0 rings (SSSR count). The van der Waals surface area contributed by atoms with E-state index < -0.39 is 9.84 Å². The van der Waals surface area contributed by atoms with Crippen molar-refractivity contribution in [3.8, 4) is 0 Å². The predicted octanol–water partition coefficient (Wildman–Crippen LogP) is 3.14. The van der Waals surface area contributed by atoms with E-state index in [1.807, 2.05) is 6.92 Å². The van der Waals surface area contributed by atoms with E-state index in [1.54, 1.807) is 0 Å². The Bertz CT molecular complexity index is 276. The number of rotatable bonds is 12. The molecule has 0 aromatic heterocycles. The maximum Gasteiger partial charge on any atom is 0.150 e. The highest BCUT2D eigenvalue weighted by Crippen LogP contribution is 2.10. The first-order chi connectivity index (χ1) is 8.52. The molecule has 3 nitrogen and oxygen atoms in total. The molecular formula is C14H31NO2S. The minimum Gasteiger partial charge on any atom is -0.330 e. The lowest BCUT2D eigenvalue weighted by atomic mass is 10.1. The molecule has 4 heteroatoms. The smallest absolute Gasteiger partial charge is 0.150 e. The molecule has 0 aliphatic heterocycles. The molecule has 0 saturated carbocycles. The fourth-order valence-electron chi connectivity index (χ4n) is 2.04. The fraction of sp³-hybridized carbons (Fsp3) is 1.00. The van der Waals surface area contributed by atoms with Crippen LogP contribution in [-0.2, 0) is 9.84 Å². The van der Waals surface area contributed by atoms with E-state index >= 15 is 0 Å². The van der Waals surface area contributed by atoms with Crippen molar-refractivity contribution >= 4 is 9.84 Å². The van der Waals surface area contributed by atoms with E-state index in [1.165, 1.54) is 38.5 Å². The molecule has 0 saturated heterocycles. The first-order valence-electron chi connectivity index (χ1n) is 7.42. The molecule has 0 fully saturated rings. The van der Waals surface area contributed by atoms with Crippen molar-refractivity contribution in [1.29, 1.82) is 0 Å². The van der Waals surface area contributed by atoms with Gasteiger partial charge in [-0.3, -0.25) is 0 Å². The highest BCUT2D eigenvalue weighted by Gasteiger charge is 2.14. The minimum absolute atomic E-state index is 0.0871. The summed E-state index contributed by atoms with van der Waals surface area (Å²) in [6, 6.07) is 0. The van der Waals surface area contributed by atoms with E-state index in [2.05, 4.69) is 6.92 Å². The third-order valence-electron chi connectivity index (χ3n) is 3.25. The number of hydrogen-bond acceptors (Lipinski definition) is 3. The molecule has 0 heterocycles. The van der Waals surface area contributed by atoms with Gasteiger partial charge >= 0.3 is 0 Å². The maximum absolute atomic E-state index is 11.7. The molecule has 0 aliphatic carbocycles. The van der Waals surface area contributed by atoms with Gasteiger partial charge < -0.3 is 5.73 Å². The molecular weight excluding hydrogens is 246 g/mol. The Morgan fingerprint density at radius 2 is 1.44 bits per heavy atom. The number of sulfone groups is 1. The predicted molar refractivity (Wildman–Crippen MR) is 79.5 cm³/mol. The highest BCUT2D eigenvalue weighted by atomic mass is 32.2. The zero-order chi connectivity index (χ0) is 13.9.